The molecule has 2 aromatic rings. The maximum atomic E-state index is 4.27. The van der Waals surface area contributed by atoms with E-state index in [1.54, 1.807) is 0 Å². The van der Waals surface area contributed by atoms with Gasteiger partial charge in [-0.2, -0.15) is 0 Å². The fourth-order valence-corrected chi connectivity index (χ4v) is 1.62. The molecule has 14 heavy (non-hydrogen) atoms. The van der Waals surface area contributed by atoms with Gasteiger partial charge in [0.2, 0.25) is 0 Å². The number of rotatable bonds is 2. The smallest absolute Gasteiger partial charge is 0.110 e. The van der Waals surface area contributed by atoms with Crippen molar-refractivity contribution in [3.8, 4) is 0 Å². The molecule has 72 valence electrons. The molecule has 2 nitrogen and oxygen atoms in total. The van der Waals surface area contributed by atoms with Crippen molar-refractivity contribution >= 4 is 15.9 Å². The van der Waals surface area contributed by atoms with E-state index in [2.05, 4.69) is 38.0 Å². The molecule has 0 bridgehead atoms. The molecule has 2 rings (SSSR count). The first-order chi connectivity index (χ1) is 6.74. The second-order valence-electron chi connectivity index (χ2n) is 3.32. The van der Waals surface area contributed by atoms with Gasteiger partial charge in [0, 0.05) is 22.8 Å². The number of nitrogens with one attached hydrogen (secondary N) is 1. The highest BCUT2D eigenvalue weighted by Crippen LogP contribution is 2.12. The van der Waals surface area contributed by atoms with E-state index in [-0.39, 0.29) is 0 Å². The molecule has 0 radical (unpaired) electrons. The highest BCUT2D eigenvalue weighted by Gasteiger charge is 1.99. The van der Waals surface area contributed by atoms with Crippen molar-refractivity contribution < 1.29 is 0 Å². The Kier molecular flexibility index (Phi) is 2.68. The molecule has 0 aliphatic heterocycles. The molecule has 0 spiro atoms. The minimum atomic E-state index is 0.862. The van der Waals surface area contributed by atoms with Crippen molar-refractivity contribution in [1.29, 1.82) is 0 Å². The zero-order valence-electron chi connectivity index (χ0n) is 7.92. The fraction of sp³-hybridized carbons (Fsp3) is 0.182. The van der Waals surface area contributed by atoms with Crippen LogP contribution < -0.4 is 0 Å². The van der Waals surface area contributed by atoms with E-state index in [4.69, 9.17) is 0 Å². The molecular weight excluding hydrogens is 240 g/mol. The van der Waals surface area contributed by atoms with Crippen molar-refractivity contribution in [3.05, 3.63) is 52.0 Å². The van der Waals surface area contributed by atoms with Gasteiger partial charge in [0.1, 0.15) is 5.82 Å². The lowest BCUT2D eigenvalue weighted by Gasteiger charge is -1.98. The maximum absolute atomic E-state index is 4.27. The summed E-state index contributed by atoms with van der Waals surface area (Å²) in [6.07, 6.45) is 2.72. The Labute approximate surface area is 91.5 Å². The van der Waals surface area contributed by atoms with E-state index in [1.807, 2.05) is 25.3 Å². The molecule has 0 aliphatic rings. The SMILES string of the molecule is Cc1cnc(Cc2ccc(Br)cc2)[nH]1. The normalized spacial score (nSPS) is 10.4. The second kappa shape index (κ2) is 3.96. The lowest BCUT2D eigenvalue weighted by Crippen LogP contribution is -1.90. The topological polar surface area (TPSA) is 28.7 Å². The van der Waals surface area contributed by atoms with E-state index < -0.39 is 0 Å². The molecular formula is C11H11BrN2. The third-order valence-corrected chi connectivity index (χ3v) is 2.57. The van der Waals surface area contributed by atoms with Gasteiger partial charge in [-0.05, 0) is 24.6 Å². The Balaban J connectivity index is 2.15. The first-order valence-corrected chi connectivity index (χ1v) is 5.28. The summed E-state index contributed by atoms with van der Waals surface area (Å²) in [5.74, 6) is 1.02. The van der Waals surface area contributed by atoms with Gasteiger partial charge in [0.05, 0.1) is 0 Å². The number of H-pyrrole nitrogens is 1. The monoisotopic (exact) mass is 250 g/mol. The van der Waals surface area contributed by atoms with Crippen molar-refractivity contribution in [2.45, 2.75) is 13.3 Å². The molecule has 1 heterocycles. The van der Waals surface area contributed by atoms with Gasteiger partial charge in [-0.1, -0.05) is 28.1 Å². The van der Waals surface area contributed by atoms with E-state index in [1.165, 1.54) is 5.56 Å². The van der Waals surface area contributed by atoms with Crippen molar-refractivity contribution in [1.82, 2.24) is 9.97 Å². The van der Waals surface area contributed by atoms with Gasteiger partial charge >= 0.3 is 0 Å². The Morgan fingerprint density at radius 3 is 2.57 bits per heavy atom. The highest BCUT2D eigenvalue weighted by molar-refractivity contribution is 9.10. The quantitative estimate of drug-likeness (QED) is 0.872. The number of hydrogen-bond donors (Lipinski definition) is 1. The molecule has 0 saturated carbocycles. The highest BCUT2D eigenvalue weighted by atomic mass is 79.9. The number of nitrogens with zero attached hydrogens (tertiary/aromatic N) is 1. The summed E-state index contributed by atoms with van der Waals surface area (Å²) in [6.45, 7) is 2.01. The van der Waals surface area contributed by atoms with Crippen molar-refractivity contribution in [2.75, 3.05) is 0 Å². The van der Waals surface area contributed by atoms with Crippen LogP contribution in [0.4, 0.5) is 0 Å². The number of aromatic amines is 1. The molecule has 0 fully saturated rings. The molecule has 1 N–H and O–H groups in total. The standard InChI is InChI=1S/C11H11BrN2/c1-8-7-13-11(14-8)6-9-2-4-10(12)5-3-9/h2-5,7H,6H2,1H3,(H,13,14). The van der Waals surface area contributed by atoms with Crippen LogP contribution in [0.25, 0.3) is 0 Å². The van der Waals surface area contributed by atoms with Gasteiger partial charge < -0.3 is 4.98 Å². The lowest BCUT2D eigenvalue weighted by atomic mass is 10.1. The predicted octanol–water partition coefficient (Wildman–Crippen LogP) is 3.07. The fourth-order valence-electron chi connectivity index (χ4n) is 1.35. The first-order valence-electron chi connectivity index (χ1n) is 4.49. The number of imidazole rings is 1. The summed E-state index contributed by atoms with van der Waals surface area (Å²) < 4.78 is 1.11. The van der Waals surface area contributed by atoms with E-state index >= 15 is 0 Å². The minimum Gasteiger partial charge on any atom is -0.346 e. The average molecular weight is 251 g/mol. The van der Waals surface area contributed by atoms with Crippen LogP contribution in [-0.2, 0) is 6.42 Å². The van der Waals surface area contributed by atoms with E-state index in [9.17, 15) is 0 Å². The van der Waals surface area contributed by atoms with Gasteiger partial charge in [-0.3, -0.25) is 0 Å². The Hall–Kier alpha value is -1.09. The minimum absolute atomic E-state index is 0.862. The largest absolute Gasteiger partial charge is 0.346 e. The van der Waals surface area contributed by atoms with Crippen LogP contribution in [0.5, 0.6) is 0 Å². The van der Waals surface area contributed by atoms with Crippen LogP contribution >= 0.6 is 15.9 Å². The molecule has 3 heteroatoms. The average Bonchev–Trinajstić information content (AvgIpc) is 2.56. The number of benzene rings is 1. The summed E-state index contributed by atoms with van der Waals surface area (Å²) in [5.41, 5.74) is 2.37. The Bertz CT molecular complexity index is 417. The summed E-state index contributed by atoms with van der Waals surface area (Å²) in [7, 11) is 0. The molecule has 0 saturated heterocycles. The van der Waals surface area contributed by atoms with Gasteiger partial charge in [-0.25, -0.2) is 4.98 Å². The summed E-state index contributed by atoms with van der Waals surface area (Å²) >= 11 is 3.41. The molecule has 0 aliphatic carbocycles. The van der Waals surface area contributed by atoms with Crippen LogP contribution in [0, 0.1) is 6.92 Å². The van der Waals surface area contributed by atoms with Gasteiger partial charge in [0.15, 0.2) is 0 Å². The predicted molar refractivity (Wildman–Crippen MR) is 60.3 cm³/mol. The van der Waals surface area contributed by atoms with Crippen molar-refractivity contribution in [3.63, 3.8) is 0 Å². The van der Waals surface area contributed by atoms with Crippen molar-refractivity contribution in [2.24, 2.45) is 0 Å². The Morgan fingerprint density at radius 1 is 1.29 bits per heavy atom. The van der Waals surface area contributed by atoms with Crippen LogP contribution in [0.2, 0.25) is 0 Å². The number of halogens is 1. The molecule has 0 unspecified atom stereocenters. The first kappa shape index (κ1) is 9.46. The van der Waals surface area contributed by atoms with E-state index in [0.29, 0.717) is 0 Å². The summed E-state index contributed by atoms with van der Waals surface area (Å²) in [4.78, 5) is 7.48. The lowest BCUT2D eigenvalue weighted by molar-refractivity contribution is 1.02. The van der Waals surface area contributed by atoms with Gasteiger partial charge in [-0.15, -0.1) is 0 Å². The third kappa shape index (κ3) is 2.23. The maximum Gasteiger partial charge on any atom is 0.110 e. The number of aryl methyl sites for hydroxylation is 1. The number of aromatic nitrogens is 2. The van der Waals surface area contributed by atoms with Crippen LogP contribution in [-0.4, -0.2) is 9.97 Å². The molecule has 0 amide bonds. The van der Waals surface area contributed by atoms with Gasteiger partial charge in [0.25, 0.3) is 0 Å². The Morgan fingerprint density at radius 2 is 2.00 bits per heavy atom. The number of hydrogen-bond acceptors (Lipinski definition) is 1. The summed E-state index contributed by atoms with van der Waals surface area (Å²) in [6, 6.07) is 8.29. The van der Waals surface area contributed by atoms with Crippen LogP contribution in [0.3, 0.4) is 0 Å². The zero-order chi connectivity index (χ0) is 9.97. The summed E-state index contributed by atoms with van der Waals surface area (Å²) in [5, 5.41) is 0. The molecule has 1 aromatic heterocycles. The third-order valence-electron chi connectivity index (χ3n) is 2.04. The zero-order valence-corrected chi connectivity index (χ0v) is 9.51. The van der Waals surface area contributed by atoms with Crippen LogP contribution in [0.1, 0.15) is 17.1 Å². The molecule has 1 aromatic carbocycles. The second-order valence-corrected chi connectivity index (χ2v) is 4.23. The molecule has 0 atom stereocenters. The van der Waals surface area contributed by atoms with Crippen LogP contribution in [0.15, 0.2) is 34.9 Å². The van der Waals surface area contributed by atoms with E-state index in [0.717, 1.165) is 22.4 Å².